The molecule has 0 spiro atoms. The van der Waals surface area contributed by atoms with E-state index in [9.17, 15) is 9.18 Å². The summed E-state index contributed by atoms with van der Waals surface area (Å²) < 4.78 is 21.1. The maximum Gasteiger partial charge on any atom is 0.226 e. The highest BCUT2D eigenvalue weighted by Gasteiger charge is 2.20. The van der Waals surface area contributed by atoms with Crippen molar-refractivity contribution in [3.63, 3.8) is 0 Å². The number of nitrogens with one attached hydrogen (secondary N) is 2. The fourth-order valence-corrected chi connectivity index (χ4v) is 3.82. The Kier molecular flexibility index (Phi) is 6.02. The van der Waals surface area contributed by atoms with Gasteiger partial charge in [0.1, 0.15) is 17.4 Å². The number of hydrogen-bond donors (Lipinski definition) is 2. The number of carbonyl (C=O) groups is 1. The average Bonchev–Trinajstić information content (AvgIpc) is 3.35. The van der Waals surface area contributed by atoms with Gasteiger partial charge in [0, 0.05) is 35.5 Å². The molecule has 2 N–H and O–H groups in total. The molecule has 1 aromatic carbocycles. The Morgan fingerprint density at radius 1 is 1.52 bits per heavy atom. The first-order valence-electron chi connectivity index (χ1n) is 9.79. The molecule has 1 atom stereocenters. The van der Waals surface area contributed by atoms with Crippen molar-refractivity contribution >= 4 is 17.5 Å². The topological polar surface area (TPSA) is 109 Å². The van der Waals surface area contributed by atoms with Gasteiger partial charge in [0.05, 0.1) is 42.6 Å². The Labute approximate surface area is 183 Å². The fraction of sp³-hybridized carbons (Fsp3) is 0.333. The van der Waals surface area contributed by atoms with Crippen molar-refractivity contribution < 1.29 is 13.9 Å². The zero-order chi connectivity index (χ0) is 22.0. The quantitative estimate of drug-likeness (QED) is 0.610. The smallest absolute Gasteiger partial charge is 0.226 e. The number of halogens is 2. The molecule has 0 unspecified atom stereocenters. The highest BCUT2D eigenvalue weighted by atomic mass is 35.5. The number of rotatable bonds is 6. The van der Waals surface area contributed by atoms with Crippen LogP contribution < -0.4 is 5.32 Å². The van der Waals surface area contributed by atoms with Crippen LogP contribution >= 0.6 is 11.6 Å². The molecule has 0 saturated carbocycles. The summed E-state index contributed by atoms with van der Waals surface area (Å²) in [7, 11) is 0. The molecule has 1 aliphatic heterocycles. The first kappa shape index (κ1) is 21.0. The molecule has 10 heteroatoms. The van der Waals surface area contributed by atoms with Gasteiger partial charge in [-0.25, -0.2) is 4.39 Å². The molecule has 1 aliphatic rings. The fourth-order valence-electron chi connectivity index (χ4n) is 3.57. The first-order valence-corrected chi connectivity index (χ1v) is 10.2. The molecule has 4 rings (SSSR count). The standard InChI is InChI=1S/C21H20ClFN6O2/c1-12(25-21(30)8-20-15-11-31-5-3-19(15)26-27-20)10-29-4-2-18(28-29)13-6-16(22)14(9-24)17(23)7-13/h2,4,6-7,12H,3,5,8,10-11H2,1H3,(H,25,30)(H,26,27)/t12-/m0/s1. The van der Waals surface area contributed by atoms with Gasteiger partial charge in [0.25, 0.3) is 0 Å². The number of benzene rings is 1. The summed E-state index contributed by atoms with van der Waals surface area (Å²) in [6.07, 6.45) is 2.69. The van der Waals surface area contributed by atoms with Crippen LogP contribution in [0.15, 0.2) is 24.4 Å². The lowest BCUT2D eigenvalue weighted by Gasteiger charge is -2.15. The van der Waals surface area contributed by atoms with Crippen molar-refractivity contribution in [1.29, 1.82) is 5.26 Å². The Bertz CT molecular complexity index is 1140. The number of ether oxygens (including phenoxy) is 1. The van der Waals surface area contributed by atoms with Gasteiger partial charge >= 0.3 is 0 Å². The summed E-state index contributed by atoms with van der Waals surface area (Å²) in [5.41, 5.74) is 3.52. The first-order chi connectivity index (χ1) is 14.9. The molecule has 2 aromatic heterocycles. The van der Waals surface area contributed by atoms with Crippen LogP contribution in [0, 0.1) is 17.1 Å². The Hall–Kier alpha value is -3.22. The molecular formula is C21H20ClFN6O2. The van der Waals surface area contributed by atoms with Crippen LogP contribution in [0.3, 0.4) is 0 Å². The molecule has 31 heavy (non-hydrogen) atoms. The van der Waals surface area contributed by atoms with Crippen LogP contribution in [0.4, 0.5) is 4.39 Å². The van der Waals surface area contributed by atoms with Crippen molar-refractivity contribution in [2.75, 3.05) is 6.61 Å². The van der Waals surface area contributed by atoms with Gasteiger partial charge < -0.3 is 10.1 Å². The van der Waals surface area contributed by atoms with Gasteiger partial charge in [0.2, 0.25) is 5.91 Å². The van der Waals surface area contributed by atoms with Crippen LogP contribution in [-0.4, -0.2) is 38.5 Å². The van der Waals surface area contributed by atoms with Crippen LogP contribution in [0.5, 0.6) is 0 Å². The van der Waals surface area contributed by atoms with E-state index in [0.29, 0.717) is 36.7 Å². The van der Waals surface area contributed by atoms with Crippen molar-refractivity contribution in [2.24, 2.45) is 0 Å². The van der Waals surface area contributed by atoms with Crippen LogP contribution in [0.2, 0.25) is 5.02 Å². The lowest BCUT2D eigenvalue weighted by atomic mass is 10.1. The molecule has 1 amide bonds. The molecule has 0 radical (unpaired) electrons. The molecule has 0 bridgehead atoms. The van der Waals surface area contributed by atoms with Gasteiger partial charge in [-0.3, -0.25) is 14.6 Å². The number of aromatic nitrogens is 4. The second-order valence-corrected chi connectivity index (χ2v) is 7.83. The third kappa shape index (κ3) is 4.60. The van der Waals surface area contributed by atoms with E-state index in [2.05, 4.69) is 20.6 Å². The Balaban J connectivity index is 1.37. The van der Waals surface area contributed by atoms with Crippen molar-refractivity contribution in [1.82, 2.24) is 25.3 Å². The summed E-state index contributed by atoms with van der Waals surface area (Å²) in [6.45, 7) is 3.44. The number of fused-ring (bicyclic) bond motifs is 1. The van der Waals surface area contributed by atoms with E-state index in [1.165, 1.54) is 12.1 Å². The Morgan fingerprint density at radius 3 is 3.13 bits per heavy atom. The maximum atomic E-state index is 14.0. The van der Waals surface area contributed by atoms with E-state index in [-0.39, 0.29) is 29.0 Å². The highest BCUT2D eigenvalue weighted by Crippen LogP contribution is 2.26. The average molecular weight is 443 g/mol. The summed E-state index contributed by atoms with van der Waals surface area (Å²) >= 11 is 5.98. The molecule has 0 fully saturated rings. The van der Waals surface area contributed by atoms with Crippen LogP contribution in [0.25, 0.3) is 11.3 Å². The number of carbonyl (C=O) groups excluding carboxylic acids is 1. The number of amides is 1. The largest absolute Gasteiger partial charge is 0.376 e. The normalized spacial score (nSPS) is 14.0. The number of aromatic amines is 1. The lowest BCUT2D eigenvalue weighted by Crippen LogP contribution is -2.37. The minimum atomic E-state index is -0.689. The van der Waals surface area contributed by atoms with Gasteiger partial charge in [-0.15, -0.1) is 0 Å². The van der Waals surface area contributed by atoms with Gasteiger partial charge in [0.15, 0.2) is 0 Å². The van der Waals surface area contributed by atoms with E-state index >= 15 is 0 Å². The summed E-state index contributed by atoms with van der Waals surface area (Å²) in [4.78, 5) is 12.4. The monoisotopic (exact) mass is 442 g/mol. The molecule has 0 saturated heterocycles. The Morgan fingerprint density at radius 2 is 2.35 bits per heavy atom. The third-order valence-corrected chi connectivity index (χ3v) is 5.37. The zero-order valence-corrected chi connectivity index (χ0v) is 17.5. The molecule has 8 nitrogen and oxygen atoms in total. The predicted octanol–water partition coefficient (Wildman–Crippen LogP) is 2.76. The second kappa shape index (κ2) is 8.88. The number of hydrogen-bond acceptors (Lipinski definition) is 5. The summed E-state index contributed by atoms with van der Waals surface area (Å²) in [5.74, 6) is -0.827. The van der Waals surface area contributed by atoms with Gasteiger partial charge in [-0.1, -0.05) is 11.6 Å². The van der Waals surface area contributed by atoms with Crippen molar-refractivity contribution in [3.8, 4) is 17.3 Å². The third-order valence-electron chi connectivity index (χ3n) is 5.07. The van der Waals surface area contributed by atoms with Crippen LogP contribution in [0.1, 0.15) is 29.4 Å². The van der Waals surface area contributed by atoms with E-state index in [0.717, 1.165) is 17.7 Å². The molecule has 160 valence electrons. The van der Waals surface area contributed by atoms with Gasteiger partial charge in [-0.2, -0.15) is 15.5 Å². The number of nitrogens with zero attached hydrogens (tertiary/aromatic N) is 4. The number of H-pyrrole nitrogens is 1. The zero-order valence-electron chi connectivity index (χ0n) is 16.8. The SMILES string of the molecule is C[C@@H](Cn1ccc(-c2cc(F)c(C#N)c(Cl)c2)n1)NC(=O)Cc1n[nH]c2c1COCC2. The highest BCUT2D eigenvalue weighted by molar-refractivity contribution is 6.32. The molecule has 3 heterocycles. The van der Waals surface area contributed by atoms with Crippen LogP contribution in [-0.2, 0) is 35.5 Å². The second-order valence-electron chi connectivity index (χ2n) is 7.43. The van der Waals surface area contributed by atoms with Crippen molar-refractivity contribution in [3.05, 3.63) is 57.8 Å². The van der Waals surface area contributed by atoms with E-state index in [1.54, 1.807) is 23.0 Å². The summed E-state index contributed by atoms with van der Waals surface area (Å²) in [5, 5.41) is 23.6. The summed E-state index contributed by atoms with van der Waals surface area (Å²) in [6, 6.07) is 6.02. The minimum absolute atomic E-state index is 0.0404. The van der Waals surface area contributed by atoms with Crippen molar-refractivity contribution in [2.45, 2.75) is 39.0 Å². The van der Waals surface area contributed by atoms with E-state index < -0.39 is 5.82 Å². The lowest BCUT2D eigenvalue weighted by molar-refractivity contribution is -0.121. The molecule has 0 aliphatic carbocycles. The van der Waals surface area contributed by atoms with E-state index in [4.69, 9.17) is 21.6 Å². The number of nitriles is 1. The molecule has 3 aromatic rings. The molecular weight excluding hydrogens is 423 g/mol. The van der Waals surface area contributed by atoms with Gasteiger partial charge in [-0.05, 0) is 25.1 Å². The maximum absolute atomic E-state index is 14.0. The minimum Gasteiger partial charge on any atom is -0.376 e. The van der Waals surface area contributed by atoms with E-state index in [1.807, 2.05) is 6.92 Å². The predicted molar refractivity (Wildman–Crippen MR) is 111 cm³/mol.